The van der Waals surface area contributed by atoms with E-state index in [0.29, 0.717) is 6.54 Å². The second-order valence-corrected chi connectivity index (χ2v) is 6.69. The van der Waals surface area contributed by atoms with Gasteiger partial charge in [0, 0.05) is 35.8 Å². The Labute approximate surface area is 134 Å². The number of aromatic nitrogens is 1. The molecule has 0 bridgehead atoms. The maximum atomic E-state index is 5.90. The highest BCUT2D eigenvalue weighted by Gasteiger charge is 2.22. The number of fused-ring (bicyclic) bond motifs is 1. The Bertz CT molecular complexity index is 615. The van der Waals surface area contributed by atoms with Gasteiger partial charge in [0.1, 0.15) is 0 Å². The van der Waals surface area contributed by atoms with Gasteiger partial charge in [-0.2, -0.15) is 0 Å². The van der Waals surface area contributed by atoms with Crippen molar-refractivity contribution in [1.29, 1.82) is 0 Å². The smallest absolute Gasteiger partial charge is 0.0934 e. The van der Waals surface area contributed by atoms with Gasteiger partial charge in [0.2, 0.25) is 0 Å². The summed E-state index contributed by atoms with van der Waals surface area (Å²) in [5.41, 5.74) is 7.65. The Morgan fingerprint density at radius 2 is 2.19 bits per heavy atom. The monoisotopic (exact) mass is 351 g/mol. The second kappa shape index (κ2) is 6.73. The van der Waals surface area contributed by atoms with Gasteiger partial charge in [-0.15, -0.1) is 0 Å². The average Bonchev–Trinajstić information content (AvgIpc) is 2.46. The summed E-state index contributed by atoms with van der Waals surface area (Å²) in [5.74, 6) is 0. The van der Waals surface area contributed by atoms with E-state index in [1.54, 1.807) is 7.11 Å². The van der Waals surface area contributed by atoms with E-state index in [4.69, 9.17) is 10.5 Å². The van der Waals surface area contributed by atoms with E-state index in [2.05, 4.69) is 52.2 Å². The first-order valence-corrected chi connectivity index (χ1v) is 7.80. The highest BCUT2D eigenvalue weighted by Crippen LogP contribution is 2.26. The molecule has 21 heavy (non-hydrogen) atoms. The molecule has 4 nitrogen and oxygen atoms in total. The Balaban J connectivity index is 2.25. The molecule has 2 aromatic rings. The fourth-order valence-electron chi connectivity index (χ4n) is 2.34. The fourth-order valence-corrected chi connectivity index (χ4v) is 2.69. The minimum Gasteiger partial charge on any atom is -0.379 e. The Morgan fingerprint density at radius 1 is 1.43 bits per heavy atom. The Kier molecular flexibility index (Phi) is 5.19. The lowest BCUT2D eigenvalue weighted by Crippen LogP contribution is -2.37. The number of nitrogens with zero attached hydrogens (tertiary/aromatic N) is 1. The van der Waals surface area contributed by atoms with E-state index in [0.717, 1.165) is 27.5 Å². The molecule has 0 saturated heterocycles. The lowest BCUT2D eigenvalue weighted by Gasteiger charge is -2.29. The number of anilines is 1. The van der Waals surface area contributed by atoms with E-state index in [1.807, 2.05) is 18.3 Å². The zero-order valence-corrected chi connectivity index (χ0v) is 14.3. The molecular weight excluding hydrogens is 330 g/mol. The number of hydrogen-bond acceptors (Lipinski definition) is 4. The standard InChI is InChI=1S/C16H22BrN3O/c1-16(2,21-3)8-13(9-18)20-14-6-4-5-11-7-12(17)10-19-15(11)14/h4-7,10,13,20H,8-9,18H2,1-3H3. The maximum Gasteiger partial charge on any atom is 0.0934 e. The van der Waals surface area contributed by atoms with Crippen LogP contribution in [0.4, 0.5) is 5.69 Å². The minimum atomic E-state index is -0.210. The van der Waals surface area contributed by atoms with Gasteiger partial charge in [-0.3, -0.25) is 4.98 Å². The molecule has 1 atom stereocenters. The third-order valence-corrected chi connectivity index (χ3v) is 4.05. The van der Waals surface area contributed by atoms with Crippen LogP contribution < -0.4 is 11.1 Å². The summed E-state index contributed by atoms with van der Waals surface area (Å²) in [6.07, 6.45) is 2.64. The number of nitrogens with one attached hydrogen (secondary N) is 1. The summed E-state index contributed by atoms with van der Waals surface area (Å²) < 4.78 is 6.47. The van der Waals surface area contributed by atoms with Crippen LogP contribution in [0.25, 0.3) is 10.9 Å². The van der Waals surface area contributed by atoms with Gasteiger partial charge in [0.05, 0.1) is 16.8 Å². The van der Waals surface area contributed by atoms with Crippen molar-refractivity contribution in [2.24, 2.45) is 5.73 Å². The van der Waals surface area contributed by atoms with Gasteiger partial charge < -0.3 is 15.8 Å². The first kappa shape index (κ1) is 16.2. The molecule has 1 aromatic carbocycles. The van der Waals surface area contributed by atoms with Crippen LogP contribution in [0.1, 0.15) is 20.3 Å². The summed E-state index contributed by atoms with van der Waals surface area (Å²) in [5, 5.41) is 4.59. The average molecular weight is 352 g/mol. The largest absolute Gasteiger partial charge is 0.379 e. The number of rotatable bonds is 6. The molecule has 3 N–H and O–H groups in total. The zero-order chi connectivity index (χ0) is 15.5. The van der Waals surface area contributed by atoms with Crippen molar-refractivity contribution >= 4 is 32.5 Å². The normalized spacial score (nSPS) is 13.4. The van der Waals surface area contributed by atoms with Crippen LogP contribution in [-0.2, 0) is 4.74 Å². The molecule has 114 valence electrons. The molecule has 1 aromatic heterocycles. The molecule has 1 heterocycles. The van der Waals surface area contributed by atoms with Crippen molar-refractivity contribution in [3.8, 4) is 0 Å². The van der Waals surface area contributed by atoms with Gasteiger partial charge in [-0.25, -0.2) is 0 Å². The SMILES string of the molecule is COC(C)(C)CC(CN)Nc1cccc2cc(Br)cnc12. The van der Waals surface area contributed by atoms with Gasteiger partial charge in [-0.05, 0) is 48.3 Å². The summed E-state index contributed by atoms with van der Waals surface area (Å²) in [6.45, 7) is 4.67. The number of nitrogens with two attached hydrogens (primary N) is 1. The third-order valence-electron chi connectivity index (χ3n) is 3.61. The van der Waals surface area contributed by atoms with Crippen molar-refractivity contribution in [2.45, 2.75) is 31.9 Å². The Morgan fingerprint density at radius 3 is 2.86 bits per heavy atom. The summed E-state index contributed by atoms with van der Waals surface area (Å²) >= 11 is 3.45. The summed E-state index contributed by atoms with van der Waals surface area (Å²) in [7, 11) is 1.73. The molecule has 1 unspecified atom stereocenters. The van der Waals surface area contributed by atoms with Crippen LogP contribution in [0.15, 0.2) is 34.9 Å². The van der Waals surface area contributed by atoms with E-state index < -0.39 is 0 Å². The van der Waals surface area contributed by atoms with Crippen molar-refractivity contribution in [2.75, 3.05) is 19.0 Å². The molecule has 2 rings (SSSR count). The summed E-state index contributed by atoms with van der Waals surface area (Å²) in [6, 6.07) is 8.30. The van der Waals surface area contributed by atoms with Gasteiger partial charge in [0.25, 0.3) is 0 Å². The number of benzene rings is 1. The van der Waals surface area contributed by atoms with Crippen molar-refractivity contribution < 1.29 is 4.74 Å². The van der Waals surface area contributed by atoms with E-state index in [9.17, 15) is 0 Å². The Hall–Kier alpha value is -1.17. The van der Waals surface area contributed by atoms with E-state index in [-0.39, 0.29) is 11.6 Å². The number of hydrogen-bond donors (Lipinski definition) is 2. The topological polar surface area (TPSA) is 60.2 Å². The number of para-hydroxylation sites is 1. The lowest BCUT2D eigenvalue weighted by molar-refractivity contribution is 0.0122. The fraction of sp³-hybridized carbons (Fsp3) is 0.438. The summed E-state index contributed by atoms with van der Waals surface area (Å²) in [4.78, 5) is 4.50. The van der Waals surface area contributed by atoms with Crippen LogP contribution >= 0.6 is 15.9 Å². The van der Waals surface area contributed by atoms with Crippen molar-refractivity contribution in [1.82, 2.24) is 4.98 Å². The van der Waals surface area contributed by atoms with Crippen molar-refractivity contribution in [3.05, 3.63) is 34.9 Å². The molecule has 0 aliphatic heterocycles. The maximum absolute atomic E-state index is 5.90. The highest BCUT2D eigenvalue weighted by atomic mass is 79.9. The van der Waals surface area contributed by atoms with Gasteiger partial charge in [-0.1, -0.05) is 12.1 Å². The number of halogens is 1. The van der Waals surface area contributed by atoms with Gasteiger partial charge in [0.15, 0.2) is 0 Å². The third kappa shape index (κ3) is 4.15. The number of ether oxygens (including phenoxy) is 1. The van der Waals surface area contributed by atoms with Crippen molar-refractivity contribution in [3.63, 3.8) is 0 Å². The lowest BCUT2D eigenvalue weighted by atomic mass is 9.98. The molecule has 0 radical (unpaired) electrons. The molecule has 0 fully saturated rings. The zero-order valence-electron chi connectivity index (χ0n) is 12.7. The van der Waals surface area contributed by atoms with Crippen LogP contribution in [-0.4, -0.2) is 30.3 Å². The molecule has 0 saturated carbocycles. The van der Waals surface area contributed by atoms with Crippen LogP contribution in [0.5, 0.6) is 0 Å². The molecule has 0 spiro atoms. The molecule has 0 aliphatic carbocycles. The molecular formula is C16H22BrN3O. The van der Waals surface area contributed by atoms with Crippen LogP contribution in [0.3, 0.4) is 0 Å². The van der Waals surface area contributed by atoms with E-state index in [1.165, 1.54) is 0 Å². The first-order chi connectivity index (χ1) is 9.95. The quantitative estimate of drug-likeness (QED) is 0.835. The highest BCUT2D eigenvalue weighted by molar-refractivity contribution is 9.10. The van der Waals surface area contributed by atoms with E-state index >= 15 is 0 Å². The molecule has 5 heteroatoms. The van der Waals surface area contributed by atoms with Crippen LogP contribution in [0, 0.1) is 0 Å². The predicted octanol–water partition coefficient (Wildman–Crippen LogP) is 3.55. The number of pyridine rings is 1. The number of methoxy groups -OCH3 is 1. The second-order valence-electron chi connectivity index (χ2n) is 5.78. The van der Waals surface area contributed by atoms with Crippen LogP contribution in [0.2, 0.25) is 0 Å². The van der Waals surface area contributed by atoms with Gasteiger partial charge >= 0.3 is 0 Å². The molecule has 0 aliphatic rings. The minimum absolute atomic E-state index is 0.135. The predicted molar refractivity (Wildman–Crippen MR) is 91.6 cm³/mol. The first-order valence-electron chi connectivity index (χ1n) is 7.01. The molecule has 0 amide bonds.